The van der Waals surface area contributed by atoms with Crippen LogP contribution in [0.25, 0.3) is 0 Å². The van der Waals surface area contributed by atoms with Crippen molar-refractivity contribution in [2.24, 2.45) is 0 Å². The van der Waals surface area contributed by atoms with E-state index in [0.717, 1.165) is 0 Å². The maximum Gasteiger partial charge on any atom is 0.308 e. The Morgan fingerprint density at radius 3 is 2.61 bits per heavy atom. The molecule has 4 nitrogen and oxygen atoms in total. The van der Waals surface area contributed by atoms with Gasteiger partial charge in [-0.1, -0.05) is 20.8 Å². The van der Waals surface area contributed by atoms with Crippen LogP contribution in [-0.2, 0) is 14.0 Å². The van der Waals surface area contributed by atoms with Crippen molar-refractivity contribution in [1.29, 1.82) is 5.26 Å². The van der Waals surface area contributed by atoms with Gasteiger partial charge >= 0.3 is 5.97 Å². The number of nitrogens with zero attached hydrogens (tertiary/aromatic N) is 1. The summed E-state index contributed by atoms with van der Waals surface area (Å²) >= 11 is 0. The van der Waals surface area contributed by atoms with E-state index in [1.165, 1.54) is 0 Å². The molecule has 1 heterocycles. The van der Waals surface area contributed by atoms with Crippen LogP contribution in [-0.4, -0.2) is 26.5 Å². The minimum atomic E-state index is -1.87. The van der Waals surface area contributed by atoms with Crippen molar-refractivity contribution >= 4 is 14.3 Å². The van der Waals surface area contributed by atoms with Gasteiger partial charge in [0.2, 0.25) is 0 Å². The van der Waals surface area contributed by atoms with Crippen LogP contribution in [0.3, 0.4) is 0 Å². The van der Waals surface area contributed by atoms with E-state index in [0.29, 0.717) is 12.8 Å². The molecule has 0 bridgehead atoms. The normalized spacial score (nSPS) is 25.4. The van der Waals surface area contributed by atoms with Crippen LogP contribution in [0.5, 0.6) is 0 Å². The molecular weight excluding hydrogens is 246 g/mol. The van der Waals surface area contributed by atoms with Crippen LogP contribution in [0, 0.1) is 11.3 Å². The molecule has 0 N–H and O–H groups in total. The second-order valence-corrected chi connectivity index (χ2v) is 11.2. The Morgan fingerprint density at radius 2 is 2.11 bits per heavy atom. The van der Waals surface area contributed by atoms with Crippen LogP contribution in [0.4, 0.5) is 0 Å². The van der Waals surface area contributed by atoms with Crippen LogP contribution in [0.1, 0.15) is 40.0 Å². The van der Waals surface area contributed by atoms with E-state index in [4.69, 9.17) is 14.4 Å². The van der Waals surface area contributed by atoms with Crippen molar-refractivity contribution in [1.82, 2.24) is 0 Å². The number of esters is 1. The summed E-state index contributed by atoms with van der Waals surface area (Å²) in [6, 6.07) is 2.05. The number of rotatable bonds is 3. The minimum Gasteiger partial charge on any atom is -0.461 e. The quantitative estimate of drug-likeness (QED) is 0.584. The summed E-state index contributed by atoms with van der Waals surface area (Å²) < 4.78 is 11.3. The van der Waals surface area contributed by atoms with Crippen molar-refractivity contribution in [3.8, 4) is 6.07 Å². The van der Waals surface area contributed by atoms with Gasteiger partial charge in [0, 0.05) is 6.42 Å². The first-order valence-electron chi connectivity index (χ1n) is 6.40. The number of hydrogen-bond acceptors (Lipinski definition) is 4. The highest BCUT2D eigenvalue weighted by Crippen LogP contribution is 2.38. The fourth-order valence-corrected chi connectivity index (χ4v) is 3.12. The highest BCUT2D eigenvalue weighted by Gasteiger charge is 2.41. The Bertz CT molecular complexity index is 354. The maximum absolute atomic E-state index is 11.5. The zero-order valence-corrected chi connectivity index (χ0v) is 12.9. The second-order valence-electron chi connectivity index (χ2n) is 6.41. The molecule has 0 aromatic carbocycles. The molecule has 0 aromatic heterocycles. The fraction of sp³-hybridized carbons (Fsp3) is 0.846. The van der Waals surface area contributed by atoms with Gasteiger partial charge in [0.15, 0.2) is 8.32 Å². The van der Waals surface area contributed by atoms with Gasteiger partial charge in [-0.2, -0.15) is 5.26 Å². The molecule has 0 radical (unpaired) electrons. The van der Waals surface area contributed by atoms with E-state index in [-0.39, 0.29) is 29.6 Å². The lowest BCUT2D eigenvalue weighted by atomic mass is 10.0. The number of ether oxygens (including phenoxy) is 1. The zero-order chi connectivity index (χ0) is 14.0. The molecule has 0 amide bonds. The third-order valence-corrected chi connectivity index (χ3v) is 8.34. The number of hydrogen-bond donors (Lipinski definition) is 0. The molecule has 0 spiro atoms. The molecule has 0 unspecified atom stereocenters. The molecule has 1 saturated heterocycles. The van der Waals surface area contributed by atoms with Crippen LogP contribution < -0.4 is 0 Å². The summed E-state index contributed by atoms with van der Waals surface area (Å²) in [7, 11) is -1.87. The lowest BCUT2D eigenvalue weighted by Crippen LogP contribution is -2.47. The van der Waals surface area contributed by atoms with E-state index in [9.17, 15) is 4.79 Å². The largest absolute Gasteiger partial charge is 0.461 e. The van der Waals surface area contributed by atoms with Crippen LogP contribution >= 0.6 is 0 Å². The molecule has 0 saturated carbocycles. The molecular formula is C13H23NO3Si. The number of nitriles is 1. The highest BCUT2D eigenvalue weighted by molar-refractivity contribution is 6.74. The first-order chi connectivity index (χ1) is 8.15. The second kappa shape index (κ2) is 5.41. The predicted molar refractivity (Wildman–Crippen MR) is 71.4 cm³/mol. The van der Waals surface area contributed by atoms with Crippen molar-refractivity contribution in [2.45, 2.75) is 70.4 Å². The first kappa shape index (κ1) is 15.2. The van der Waals surface area contributed by atoms with Crippen molar-refractivity contribution in [3.05, 3.63) is 0 Å². The Balaban J connectivity index is 2.67. The van der Waals surface area contributed by atoms with Gasteiger partial charge in [0.05, 0.1) is 25.0 Å². The summed E-state index contributed by atoms with van der Waals surface area (Å²) in [5.74, 6) is -0.245. The van der Waals surface area contributed by atoms with Gasteiger partial charge in [0.1, 0.15) is 6.10 Å². The van der Waals surface area contributed by atoms with Gasteiger partial charge in [-0.3, -0.25) is 4.79 Å². The molecule has 5 heteroatoms. The van der Waals surface area contributed by atoms with Gasteiger partial charge in [-0.25, -0.2) is 0 Å². The van der Waals surface area contributed by atoms with Crippen LogP contribution in [0.2, 0.25) is 18.1 Å². The smallest absolute Gasteiger partial charge is 0.308 e. The van der Waals surface area contributed by atoms with Gasteiger partial charge in [-0.05, 0) is 18.1 Å². The summed E-state index contributed by atoms with van der Waals surface area (Å²) in [6.45, 7) is 10.9. The van der Waals surface area contributed by atoms with E-state index < -0.39 is 8.32 Å². The third-order valence-electron chi connectivity index (χ3n) is 3.80. The highest BCUT2D eigenvalue weighted by atomic mass is 28.4. The molecule has 1 aliphatic heterocycles. The van der Waals surface area contributed by atoms with Gasteiger partial charge in [0.25, 0.3) is 0 Å². The predicted octanol–water partition coefficient (Wildman–Crippen LogP) is 3.00. The average Bonchev–Trinajstić information content (AvgIpc) is 2.13. The lowest BCUT2D eigenvalue weighted by molar-refractivity contribution is -0.158. The molecule has 1 fully saturated rings. The van der Waals surface area contributed by atoms with Crippen molar-refractivity contribution < 1.29 is 14.0 Å². The SMILES string of the molecule is CC(C)(C)[Si](C)(C)O[C@H]1CC(=O)O[C@H](CC#N)C1. The molecule has 0 aromatic rings. The fourth-order valence-electron chi connectivity index (χ4n) is 1.75. The molecule has 18 heavy (non-hydrogen) atoms. The van der Waals surface area contributed by atoms with Gasteiger partial charge < -0.3 is 9.16 Å². The van der Waals surface area contributed by atoms with E-state index in [1.54, 1.807) is 0 Å². The minimum absolute atomic E-state index is 0.0921. The Morgan fingerprint density at radius 1 is 1.50 bits per heavy atom. The summed E-state index contributed by atoms with van der Waals surface area (Å²) in [5, 5.41) is 8.80. The zero-order valence-electron chi connectivity index (χ0n) is 11.9. The maximum atomic E-state index is 11.5. The average molecular weight is 269 g/mol. The molecule has 1 rings (SSSR count). The van der Waals surface area contributed by atoms with E-state index in [2.05, 4.69) is 39.9 Å². The summed E-state index contributed by atoms with van der Waals surface area (Å²) in [6.07, 6.45) is 0.820. The Kier molecular flexibility index (Phi) is 4.57. The number of carbonyl (C=O) groups excluding carboxylic acids is 1. The third kappa shape index (κ3) is 3.82. The van der Waals surface area contributed by atoms with Crippen LogP contribution in [0.15, 0.2) is 0 Å². The number of cyclic esters (lactones) is 1. The molecule has 2 atom stereocenters. The van der Waals surface area contributed by atoms with Gasteiger partial charge in [-0.15, -0.1) is 0 Å². The van der Waals surface area contributed by atoms with Crippen molar-refractivity contribution in [3.63, 3.8) is 0 Å². The standard InChI is InChI=1S/C13H23NO3Si/c1-13(2,3)18(4,5)17-11-8-10(6-7-14)16-12(15)9-11/h10-11H,6,8-9H2,1-5H3/t10-,11-/m1/s1. The summed E-state index contributed by atoms with van der Waals surface area (Å²) in [5.41, 5.74) is 0. The molecule has 0 aliphatic carbocycles. The molecule has 1 aliphatic rings. The Labute approximate surface area is 110 Å². The number of carbonyl (C=O) groups is 1. The summed E-state index contributed by atoms with van der Waals surface area (Å²) in [4.78, 5) is 11.5. The monoisotopic (exact) mass is 269 g/mol. The Hall–Kier alpha value is -0.863. The topological polar surface area (TPSA) is 59.3 Å². The lowest BCUT2D eigenvalue weighted by Gasteiger charge is -2.41. The van der Waals surface area contributed by atoms with E-state index in [1.807, 2.05) is 0 Å². The molecule has 102 valence electrons. The van der Waals surface area contributed by atoms with Crippen molar-refractivity contribution in [2.75, 3.05) is 0 Å². The van der Waals surface area contributed by atoms with E-state index >= 15 is 0 Å². The first-order valence-corrected chi connectivity index (χ1v) is 9.31.